The summed E-state index contributed by atoms with van der Waals surface area (Å²) in [6, 6.07) is 12.5. The largest absolute Gasteiger partial charge is 0.497 e. The third-order valence-electron chi connectivity index (χ3n) is 5.76. The maximum atomic E-state index is 13.4. The number of hydrogen-bond donors (Lipinski definition) is 0. The Labute approximate surface area is 190 Å². The van der Waals surface area contributed by atoms with Crippen LogP contribution in [0.3, 0.4) is 0 Å². The zero-order chi connectivity index (χ0) is 22.8. The summed E-state index contributed by atoms with van der Waals surface area (Å²) in [7, 11) is 1.52. The highest BCUT2D eigenvalue weighted by molar-refractivity contribution is 6.30. The molecular formula is C24H21ClN2O5. The quantitative estimate of drug-likeness (QED) is 0.380. The molecule has 0 unspecified atom stereocenters. The number of halogens is 1. The Balaban J connectivity index is 1.67. The van der Waals surface area contributed by atoms with Gasteiger partial charge in [-0.15, -0.1) is 0 Å². The highest BCUT2D eigenvalue weighted by atomic mass is 35.5. The van der Waals surface area contributed by atoms with Crippen molar-refractivity contribution < 1.29 is 23.9 Å². The van der Waals surface area contributed by atoms with E-state index in [2.05, 4.69) is 0 Å². The van der Waals surface area contributed by atoms with Crippen molar-refractivity contribution in [3.05, 3.63) is 76.8 Å². The molecule has 0 spiro atoms. The van der Waals surface area contributed by atoms with Crippen molar-refractivity contribution in [2.45, 2.75) is 12.8 Å². The van der Waals surface area contributed by atoms with Crippen molar-refractivity contribution in [1.29, 1.82) is 0 Å². The number of nitrogens with zero attached hydrogens (tertiary/aromatic N) is 2. The third kappa shape index (κ3) is 4.03. The van der Waals surface area contributed by atoms with E-state index in [0.717, 1.165) is 10.0 Å². The lowest BCUT2D eigenvalue weighted by atomic mass is 9.85. The number of allylic oxidation sites excluding steroid dienone is 2. The molecule has 4 rings (SSSR count). The first-order valence-electron chi connectivity index (χ1n) is 10.2. The average molecular weight is 453 g/mol. The second kappa shape index (κ2) is 8.96. The fourth-order valence-electron chi connectivity index (χ4n) is 4.00. The first kappa shape index (κ1) is 21.8. The first-order valence-corrected chi connectivity index (χ1v) is 10.6. The number of carbonyl (C=O) groups excluding carboxylic acids is 4. The molecule has 2 aliphatic rings. The zero-order valence-electron chi connectivity index (χ0n) is 17.4. The number of carbonyl (C=O) groups is 4. The number of fused-ring (bicyclic) bond motifs is 1. The van der Waals surface area contributed by atoms with Crippen molar-refractivity contribution in [1.82, 2.24) is 10.0 Å². The second-order valence-electron chi connectivity index (χ2n) is 7.67. The smallest absolute Gasteiger partial charge is 0.273 e. The average Bonchev–Trinajstić information content (AvgIpc) is 3.07. The van der Waals surface area contributed by atoms with Crippen LogP contribution in [0.4, 0.5) is 0 Å². The van der Waals surface area contributed by atoms with E-state index in [1.807, 2.05) is 12.2 Å². The molecule has 164 valence electrons. The van der Waals surface area contributed by atoms with Crippen LogP contribution in [0.25, 0.3) is 0 Å². The minimum atomic E-state index is -0.628. The second-order valence-corrected chi connectivity index (χ2v) is 8.10. The molecular weight excluding hydrogens is 432 g/mol. The fourth-order valence-corrected chi connectivity index (χ4v) is 4.13. The molecule has 1 aliphatic carbocycles. The van der Waals surface area contributed by atoms with Crippen molar-refractivity contribution in [2.24, 2.45) is 11.8 Å². The maximum Gasteiger partial charge on any atom is 0.273 e. The predicted molar refractivity (Wildman–Crippen MR) is 117 cm³/mol. The van der Waals surface area contributed by atoms with Crippen LogP contribution in [-0.2, 0) is 9.59 Å². The molecule has 0 N–H and O–H groups in total. The highest BCUT2D eigenvalue weighted by Crippen LogP contribution is 2.36. The van der Waals surface area contributed by atoms with Crippen molar-refractivity contribution >= 4 is 35.1 Å². The Hall–Kier alpha value is -3.45. The van der Waals surface area contributed by atoms with Crippen LogP contribution in [-0.4, -0.2) is 47.2 Å². The van der Waals surface area contributed by atoms with Gasteiger partial charge in [0.1, 0.15) is 12.3 Å². The monoisotopic (exact) mass is 452 g/mol. The van der Waals surface area contributed by atoms with Crippen molar-refractivity contribution in [3.8, 4) is 5.75 Å². The number of imide groups is 1. The summed E-state index contributed by atoms with van der Waals surface area (Å²) in [5.74, 6) is -2.44. The van der Waals surface area contributed by atoms with E-state index in [9.17, 15) is 19.2 Å². The highest BCUT2D eigenvalue weighted by Gasteiger charge is 2.51. The SMILES string of the molecule is COc1ccc(C(=O)CN(C(=O)c2ccc(Cl)cc2)N2C(=O)[C@@H]3CC=CC[C@H]3C2=O)cc1. The molecule has 2 aromatic carbocycles. The van der Waals surface area contributed by atoms with Crippen LogP contribution >= 0.6 is 11.6 Å². The Morgan fingerprint density at radius 1 is 0.938 bits per heavy atom. The van der Waals surface area contributed by atoms with Crippen LogP contribution < -0.4 is 4.74 Å². The number of Topliss-reactive ketones (excluding diaryl/α,β-unsaturated/α-hetero) is 1. The number of ketones is 1. The molecule has 0 radical (unpaired) electrons. The Morgan fingerprint density at radius 2 is 1.47 bits per heavy atom. The number of hydrogen-bond acceptors (Lipinski definition) is 5. The molecule has 2 atom stereocenters. The molecule has 2 aromatic rings. The standard InChI is InChI=1S/C24H21ClN2O5/c1-32-18-12-8-15(9-13-18)21(28)14-26(22(29)16-6-10-17(25)11-7-16)27-23(30)19-4-2-3-5-20(19)24(27)31/h2-3,6-13,19-20H,4-5,14H2,1H3/t19-,20-/m1/s1. The number of hydrazine groups is 1. The van der Waals surface area contributed by atoms with E-state index < -0.39 is 41.9 Å². The topological polar surface area (TPSA) is 84.0 Å². The van der Waals surface area contributed by atoms with Gasteiger partial charge in [0.15, 0.2) is 5.78 Å². The molecule has 0 saturated carbocycles. The Bertz CT molecular complexity index is 1070. The van der Waals surface area contributed by atoms with Gasteiger partial charge in [-0.3, -0.25) is 19.2 Å². The molecule has 1 heterocycles. The lowest BCUT2D eigenvalue weighted by molar-refractivity contribution is -0.154. The van der Waals surface area contributed by atoms with Gasteiger partial charge in [-0.25, -0.2) is 5.01 Å². The number of benzene rings is 2. The van der Waals surface area contributed by atoms with E-state index in [1.165, 1.54) is 31.4 Å². The minimum absolute atomic E-state index is 0.213. The van der Waals surface area contributed by atoms with Crippen LogP contribution in [0.2, 0.25) is 5.02 Å². The van der Waals surface area contributed by atoms with Gasteiger partial charge < -0.3 is 4.74 Å². The lowest BCUT2D eigenvalue weighted by Crippen LogP contribution is -2.52. The van der Waals surface area contributed by atoms with E-state index in [0.29, 0.717) is 29.2 Å². The summed E-state index contributed by atoms with van der Waals surface area (Å²) in [6.45, 7) is -0.460. The van der Waals surface area contributed by atoms with E-state index >= 15 is 0 Å². The first-order chi connectivity index (χ1) is 15.4. The molecule has 8 heteroatoms. The van der Waals surface area contributed by atoms with Gasteiger partial charge >= 0.3 is 0 Å². The van der Waals surface area contributed by atoms with Crippen LogP contribution in [0.15, 0.2) is 60.7 Å². The molecule has 0 bridgehead atoms. The van der Waals surface area contributed by atoms with Crippen molar-refractivity contribution in [2.75, 3.05) is 13.7 Å². The molecule has 0 aromatic heterocycles. The normalized spacial score (nSPS) is 19.6. The van der Waals surface area contributed by atoms with Gasteiger partial charge in [-0.1, -0.05) is 23.8 Å². The number of methoxy groups -OCH3 is 1. The summed E-state index contributed by atoms with van der Waals surface area (Å²) in [5.41, 5.74) is 0.545. The maximum absolute atomic E-state index is 13.4. The third-order valence-corrected chi connectivity index (χ3v) is 6.01. The summed E-state index contributed by atoms with van der Waals surface area (Å²) in [6.07, 6.45) is 4.59. The number of amides is 3. The molecule has 1 aliphatic heterocycles. The summed E-state index contributed by atoms with van der Waals surface area (Å²) in [4.78, 5) is 52.6. The van der Waals surface area contributed by atoms with E-state index in [1.54, 1.807) is 24.3 Å². The van der Waals surface area contributed by atoms with Gasteiger partial charge in [-0.05, 0) is 61.4 Å². The van der Waals surface area contributed by atoms with Crippen LogP contribution in [0.1, 0.15) is 33.6 Å². The zero-order valence-corrected chi connectivity index (χ0v) is 18.1. The Kier molecular flexibility index (Phi) is 6.10. The van der Waals surface area contributed by atoms with Gasteiger partial charge in [0.25, 0.3) is 17.7 Å². The molecule has 7 nitrogen and oxygen atoms in total. The summed E-state index contributed by atoms with van der Waals surface area (Å²) >= 11 is 5.93. The Morgan fingerprint density at radius 3 is 2.00 bits per heavy atom. The number of rotatable bonds is 6. The van der Waals surface area contributed by atoms with Gasteiger partial charge in [0, 0.05) is 16.1 Å². The van der Waals surface area contributed by atoms with Gasteiger partial charge in [0.2, 0.25) is 0 Å². The van der Waals surface area contributed by atoms with Gasteiger partial charge in [0.05, 0.1) is 18.9 Å². The van der Waals surface area contributed by atoms with E-state index in [4.69, 9.17) is 16.3 Å². The van der Waals surface area contributed by atoms with Crippen LogP contribution in [0, 0.1) is 11.8 Å². The summed E-state index contributed by atoms with van der Waals surface area (Å²) < 4.78 is 5.11. The van der Waals surface area contributed by atoms with Crippen molar-refractivity contribution in [3.63, 3.8) is 0 Å². The van der Waals surface area contributed by atoms with Gasteiger partial charge in [-0.2, -0.15) is 5.01 Å². The molecule has 1 fully saturated rings. The lowest BCUT2D eigenvalue weighted by Gasteiger charge is -2.30. The predicted octanol–water partition coefficient (Wildman–Crippen LogP) is 3.54. The molecule has 1 saturated heterocycles. The molecule has 32 heavy (non-hydrogen) atoms. The number of ether oxygens (including phenoxy) is 1. The molecule has 3 amide bonds. The minimum Gasteiger partial charge on any atom is -0.497 e. The van der Waals surface area contributed by atoms with Crippen LogP contribution in [0.5, 0.6) is 5.75 Å². The fraction of sp³-hybridized carbons (Fsp3) is 0.250. The van der Waals surface area contributed by atoms with E-state index in [-0.39, 0.29) is 5.56 Å². The summed E-state index contributed by atoms with van der Waals surface area (Å²) in [5, 5.41) is 2.26.